The summed E-state index contributed by atoms with van der Waals surface area (Å²) in [7, 11) is 2.32. The number of hydrogen-bond acceptors (Lipinski definition) is 3. The summed E-state index contributed by atoms with van der Waals surface area (Å²) in [6, 6.07) is 0.801. The average molecular weight is 298 g/mol. The zero-order valence-corrected chi connectivity index (χ0v) is 15.2. The maximum Gasteiger partial charge on any atom is 0.0117 e. The van der Waals surface area contributed by atoms with Crippen LogP contribution in [0.4, 0.5) is 0 Å². The lowest BCUT2D eigenvalue weighted by Crippen LogP contribution is -2.43. The Labute approximate surface area is 133 Å². The highest BCUT2D eigenvalue weighted by atomic mass is 15.2. The van der Waals surface area contributed by atoms with Crippen molar-refractivity contribution >= 4 is 0 Å². The molecule has 0 amide bonds. The normalized spacial score (nSPS) is 20.1. The van der Waals surface area contributed by atoms with E-state index in [0.29, 0.717) is 5.41 Å². The largest absolute Gasteiger partial charge is 0.330 e. The molecule has 0 aromatic carbocycles. The van der Waals surface area contributed by atoms with Crippen molar-refractivity contribution in [1.29, 1.82) is 0 Å². The van der Waals surface area contributed by atoms with E-state index in [1.165, 1.54) is 58.3 Å². The standard InChI is InChI=1S/C18H39N3/c1-6-21-14-10-17(11-15-21)20(5)13-7-8-16(9-12-19)18(2,3)4/h16-17H,6-15,19H2,1-5H3. The van der Waals surface area contributed by atoms with E-state index in [4.69, 9.17) is 5.73 Å². The summed E-state index contributed by atoms with van der Waals surface area (Å²) in [5.41, 5.74) is 6.18. The lowest BCUT2D eigenvalue weighted by Gasteiger charge is -2.37. The highest BCUT2D eigenvalue weighted by molar-refractivity contribution is 4.79. The third kappa shape index (κ3) is 6.66. The zero-order valence-electron chi connectivity index (χ0n) is 15.2. The van der Waals surface area contributed by atoms with Gasteiger partial charge in [0.25, 0.3) is 0 Å². The van der Waals surface area contributed by atoms with Crippen LogP contribution in [-0.2, 0) is 0 Å². The predicted molar refractivity (Wildman–Crippen MR) is 93.6 cm³/mol. The van der Waals surface area contributed by atoms with E-state index < -0.39 is 0 Å². The van der Waals surface area contributed by atoms with E-state index in [0.717, 1.165) is 18.5 Å². The van der Waals surface area contributed by atoms with Gasteiger partial charge in [0.1, 0.15) is 0 Å². The molecule has 1 atom stereocenters. The molecule has 1 aliphatic rings. The molecule has 0 aliphatic carbocycles. The number of nitrogens with two attached hydrogens (primary N) is 1. The van der Waals surface area contributed by atoms with Gasteiger partial charge in [-0.25, -0.2) is 0 Å². The summed E-state index contributed by atoms with van der Waals surface area (Å²) < 4.78 is 0. The molecule has 2 N–H and O–H groups in total. The fourth-order valence-electron chi connectivity index (χ4n) is 3.66. The maximum atomic E-state index is 5.79. The molecule has 1 fully saturated rings. The molecule has 0 aromatic rings. The van der Waals surface area contributed by atoms with Crippen LogP contribution in [0, 0.1) is 11.3 Å². The number of piperidine rings is 1. The fraction of sp³-hybridized carbons (Fsp3) is 1.00. The third-order valence-corrected chi connectivity index (χ3v) is 5.43. The van der Waals surface area contributed by atoms with E-state index in [1.54, 1.807) is 0 Å². The minimum Gasteiger partial charge on any atom is -0.330 e. The third-order valence-electron chi connectivity index (χ3n) is 5.43. The number of nitrogens with zero attached hydrogens (tertiary/aromatic N) is 2. The first-order valence-corrected chi connectivity index (χ1v) is 9.01. The van der Waals surface area contributed by atoms with Crippen LogP contribution in [0.15, 0.2) is 0 Å². The van der Waals surface area contributed by atoms with Crippen LogP contribution < -0.4 is 5.73 Å². The number of rotatable bonds is 8. The maximum absolute atomic E-state index is 5.79. The van der Waals surface area contributed by atoms with Gasteiger partial charge in [-0.1, -0.05) is 27.7 Å². The second-order valence-corrected chi connectivity index (χ2v) is 7.93. The van der Waals surface area contributed by atoms with Crippen LogP contribution in [-0.4, -0.2) is 55.6 Å². The summed E-state index contributed by atoms with van der Waals surface area (Å²) in [6.45, 7) is 15.2. The minimum absolute atomic E-state index is 0.393. The van der Waals surface area contributed by atoms with Gasteiger partial charge in [-0.15, -0.1) is 0 Å². The Morgan fingerprint density at radius 1 is 1.19 bits per heavy atom. The molecule has 0 bridgehead atoms. The van der Waals surface area contributed by atoms with Crippen molar-refractivity contribution in [3.05, 3.63) is 0 Å². The first-order valence-electron chi connectivity index (χ1n) is 9.01. The highest BCUT2D eigenvalue weighted by Crippen LogP contribution is 2.32. The molecule has 126 valence electrons. The molecular formula is C18H39N3. The molecular weight excluding hydrogens is 258 g/mol. The number of likely N-dealkylation sites (tertiary alicyclic amines) is 1. The Hall–Kier alpha value is -0.120. The molecule has 0 aromatic heterocycles. The van der Waals surface area contributed by atoms with Crippen molar-refractivity contribution in [2.75, 3.05) is 39.8 Å². The van der Waals surface area contributed by atoms with Crippen molar-refractivity contribution < 1.29 is 0 Å². The molecule has 3 nitrogen and oxygen atoms in total. The van der Waals surface area contributed by atoms with Gasteiger partial charge in [0.15, 0.2) is 0 Å². The van der Waals surface area contributed by atoms with Gasteiger partial charge in [0.2, 0.25) is 0 Å². The molecule has 21 heavy (non-hydrogen) atoms. The first kappa shape index (κ1) is 18.9. The summed E-state index contributed by atoms with van der Waals surface area (Å²) in [6.07, 6.45) is 6.49. The van der Waals surface area contributed by atoms with E-state index in [9.17, 15) is 0 Å². The van der Waals surface area contributed by atoms with Crippen molar-refractivity contribution in [3.63, 3.8) is 0 Å². The Morgan fingerprint density at radius 2 is 1.81 bits per heavy atom. The van der Waals surface area contributed by atoms with Gasteiger partial charge in [0, 0.05) is 6.04 Å². The lowest BCUT2D eigenvalue weighted by atomic mass is 9.76. The van der Waals surface area contributed by atoms with Crippen LogP contribution in [0.1, 0.15) is 59.8 Å². The van der Waals surface area contributed by atoms with Crippen molar-refractivity contribution in [2.45, 2.75) is 65.8 Å². The summed E-state index contributed by atoms with van der Waals surface area (Å²) in [4.78, 5) is 5.18. The SMILES string of the molecule is CCN1CCC(N(C)CCCC(CCN)C(C)(C)C)CC1. The van der Waals surface area contributed by atoms with Gasteiger partial charge in [-0.2, -0.15) is 0 Å². The summed E-state index contributed by atoms with van der Waals surface area (Å²) in [5, 5.41) is 0. The molecule has 1 rings (SSSR count). The van der Waals surface area contributed by atoms with Crippen molar-refractivity contribution in [3.8, 4) is 0 Å². The molecule has 1 aliphatic heterocycles. The van der Waals surface area contributed by atoms with Crippen LogP contribution >= 0.6 is 0 Å². The second-order valence-electron chi connectivity index (χ2n) is 7.93. The second kappa shape index (κ2) is 9.12. The van der Waals surface area contributed by atoms with Gasteiger partial charge in [0.05, 0.1) is 0 Å². The molecule has 3 heteroatoms. The van der Waals surface area contributed by atoms with Crippen molar-refractivity contribution in [2.24, 2.45) is 17.1 Å². The van der Waals surface area contributed by atoms with Gasteiger partial charge < -0.3 is 15.5 Å². The van der Waals surface area contributed by atoms with E-state index in [1.807, 2.05) is 0 Å². The highest BCUT2D eigenvalue weighted by Gasteiger charge is 2.25. The molecule has 0 spiro atoms. The van der Waals surface area contributed by atoms with Crippen LogP contribution in [0.5, 0.6) is 0 Å². The van der Waals surface area contributed by atoms with E-state index >= 15 is 0 Å². The van der Waals surface area contributed by atoms with Gasteiger partial charge in [-0.05, 0) is 83.2 Å². The average Bonchev–Trinajstić information content (AvgIpc) is 2.45. The predicted octanol–water partition coefficient (Wildman–Crippen LogP) is 3.19. The van der Waals surface area contributed by atoms with E-state index in [-0.39, 0.29) is 0 Å². The summed E-state index contributed by atoms with van der Waals surface area (Å²) in [5.74, 6) is 0.762. The minimum atomic E-state index is 0.393. The Morgan fingerprint density at radius 3 is 2.29 bits per heavy atom. The van der Waals surface area contributed by atoms with Crippen molar-refractivity contribution in [1.82, 2.24) is 9.80 Å². The molecule has 0 saturated carbocycles. The molecule has 0 radical (unpaired) electrons. The monoisotopic (exact) mass is 297 g/mol. The van der Waals surface area contributed by atoms with E-state index in [2.05, 4.69) is 44.5 Å². The Kier molecular flexibility index (Phi) is 8.22. The van der Waals surface area contributed by atoms with Gasteiger partial charge >= 0.3 is 0 Å². The Bertz CT molecular complexity index is 264. The zero-order chi connectivity index (χ0) is 15.9. The Balaban J connectivity index is 2.27. The van der Waals surface area contributed by atoms with Crippen LogP contribution in [0.25, 0.3) is 0 Å². The number of hydrogen-bond donors (Lipinski definition) is 1. The molecule has 1 heterocycles. The smallest absolute Gasteiger partial charge is 0.0117 e. The van der Waals surface area contributed by atoms with Crippen LogP contribution in [0.3, 0.4) is 0 Å². The quantitative estimate of drug-likeness (QED) is 0.747. The van der Waals surface area contributed by atoms with Gasteiger partial charge in [-0.3, -0.25) is 0 Å². The first-order chi connectivity index (χ1) is 9.88. The molecule has 1 unspecified atom stereocenters. The lowest BCUT2D eigenvalue weighted by molar-refractivity contribution is 0.124. The van der Waals surface area contributed by atoms with Crippen LogP contribution in [0.2, 0.25) is 0 Å². The summed E-state index contributed by atoms with van der Waals surface area (Å²) >= 11 is 0. The molecule has 1 saturated heterocycles. The topological polar surface area (TPSA) is 32.5 Å². The fourth-order valence-corrected chi connectivity index (χ4v) is 3.66.